The average Bonchev–Trinajstić information content (AvgIpc) is 2.43. The van der Waals surface area contributed by atoms with Crippen LogP contribution in [0, 0.1) is 5.82 Å². The maximum absolute atomic E-state index is 13.2. The first-order valence-corrected chi connectivity index (χ1v) is 5.67. The molecule has 19 heavy (non-hydrogen) atoms. The molecule has 0 saturated carbocycles. The molecule has 5 heteroatoms. The van der Waals surface area contributed by atoms with Crippen molar-refractivity contribution in [2.75, 3.05) is 0 Å². The predicted octanol–water partition coefficient (Wildman–Crippen LogP) is 1.82. The lowest BCUT2D eigenvalue weighted by Crippen LogP contribution is -2.28. The Bertz CT molecular complexity index is 866. The van der Waals surface area contributed by atoms with Gasteiger partial charge in [-0.25, -0.2) is 9.07 Å². The molecule has 0 spiro atoms. The van der Waals surface area contributed by atoms with Crippen LogP contribution in [0.5, 0.6) is 0 Å². The van der Waals surface area contributed by atoms with E-state index in [1.807, 2.05) is 0 Å². The van der Waals surface area contributed by atoms with Crippen LogP contribution in [0.25, 0.3) is 16.5 Å². The van der Waals surface area contributed by atoms with Gasteiger partial charge in [-0.2, -0.15) is 0 Å². The van der Waals surface area contributed by atoms with Crippen LogP contribution in [-0.2, 0) is 0 Å². The van der Waals surface area contributed by atoms with Gasteiger partial charge in [0, 0.05) is 0 Å². The fourth-order valence-corrected chi connectivity index (χ4v) is 1.98. The topological polar surface area (TPSA) is 54.9 Å². The number of nitrogens with one attached hydrogen (secondary N) is 1. The molecule has 1 aromatic heterocycles. The fourth-order valence-electron chi connectivity index (χ4n) is 1.98. The first-order valence-electron chi connectivity index (χ1n) is 5.67. The van der Waals surface area contributed by atoms with Crippen LogP contribution in [-0.4, -0.2) is 9.78 Å². The van der Waals surface area contributed by atoms with Crippen LogP contribution < -0.4 is 11.1 Å². The van der Waals surface area contributed by atoms with E-state index < -0.39 is 16.9 Å². The van der Waals surface area contributed by atoms with E-state index in [4.69, 9.17) is 0 Å². The second-order valence-corrected chi connectivity index (χ2v) is 4.11. The smallest absolute Gasteiger partial charge is 0.267 e. The molecule has 0 aliphatic heterocycles. The molecule has 0 atom stereocenters. The van der Waals surface area contributed by atoms with E-state index in [-0.39, 0.29) is 10.8 Å². The molecule has 0 fully saturated rings. The van der Waals surface area contributed by atoms with Crippen molar-refractivity contribution in [3.05, 3.63) is 75.1 Å². The zero-order chi connectivity index (χ0) is 13.4. The van der Waals surface area contributed by atoms with Gasteiger partial charge in [0.2, 0.25) is 0 Å². The molecule has 0 unspecified atom stereocenters. The third-order valence-corrected chi connectivity index (χ3v) is 2.89. The Morgan fingerprint density at radius 2 is 1.68 bits per heavy atom. The quantitative estimate of drug-likeness (QED) is 0.722. The van der Waals surface area contributed by atoms with E-state index in [9.17, 15) is 14.0 Å². The predicted molar refractivity (Wildman–Crippen MR) is 70.1 cm³/mol. The van der Waals surface area contributed by atoms with E-state index in [1.165, 1.54) is 6.07 Å². The highest BCUT2D eigenvalue weighted by Gasteiger charge is 2.09. The molecular formula is C14H9FN2O2. The number of aromatic amines is 1. The molecular weight excluding hydrogens is 247 g/mol. The minimum Gasteiger partial charge on any atom is -0.267 e. The summed E-state index contributed by atoms with van der Waals surface area (Å²) in [6, 6.07) is 12.2. The number of fused-ring (bicyclic) bond motifs is 1. The van der Waals surface area contributed by atoms with Crippen molar-refractivity contribution in [3.8, 4) is 5.69 Å². The Morgan fingerprint density at radius 3 is 2.42 bits per heavy atom. The lowest BCUT2D eigenvalue weighted by Gasteiger charge is -2.06. The van der Waals surface area contributed by atoms with E-state index in [2.05, 4.69) is 5.10 Å². The monoisotopic (exact) mass is 256 g/mol. The summed E-state index contributed by atoms with van der Waals surface area (Å²) < 4.78 is 14.3. The summed E-state index contributed by atoms with van der Waals surface area (Å²) in [4.78, 5) is 24.2. The maximum Gasteiger partial charge on any atom is 0.277 e. The fraction of sp³-hybridized carbons (Fsp3) is 0. The molecule has 1 heterocycles. The molecule has 0 aliphatic rings. The van der Waals surface area contributed by atoms with Crippen LogP contribution in [0.2, 0.25) is 0 Å². The zero-order valence-electron chi connectivity index (χ0n) is 9.76. The summed E-state index contributed by atoms with van der Waals surface area (Å²) in [5.41, 5.74) is -0.366. The molecule has 0 bridgehead atoms. The second-order valence-electron chi connectivity index (χ2n) is 4.11. The third kappa shape index (κ3) is 1.85. The van der Waals surface area contributed by atoms with Crippen molar-refractivity contribution in [3.63, 3.8) is 0 Å². The average molecular weight is 256 g/mol. The van der Waals surface area contributed by atoms with Gasteiger partial charge < -0.3 is 0 Å². The Morgan fingerprint density at radius 1 is 0.947 bits per heavy atom. The second kappa shape index (κ2) is 4.20. The van der Waals surface area contributed by atoms with Crippen molar-refractivity contribution >= 4 is 10.8 Å². The molecule has 94 valence electrons. The highest BCUT2D eigenvalue weighted by molar-refractivity contribution is 5.80. The highest BCUT2D eigenvalue weighted by atomic mass is 19.1. The van der Waals surface area contributed by atoms with Crippen LogP contribution in [0.1, 0.15) is 0 Å². The van der Waals surface area contributed by atoms with E-state index in [1.54, 1.807) is 30.3 Å². The number of H-pyrrole nitrogens is 1. The van der Waals surface area contributed by atoms with Crippen molar-refractivity contribution in [1.82, 2.24) is 9.78 Å². The van der Waals surface area contributed by atoms with Crippen molar-refractivity contribution < 1.29 is 4.39 Å². The third-order valence-electron chi connectivity index (χ3n) is 2.89. The summed E-state index contributed by atoms with van der Waals surface area (Å²) >= 11 is 0. The maximum atomic E-state index is 13.2. The van der Waals surface area contributed by atoms with Crippen molar-refractivity contribution in [2.45, 2.75) is 0 Å². The molecule has 0 radical (unpaired) electrons. The van der Waals surface area contributed by atoms with Gasteiger partial charge in [-0.1, -0.05) is 18.2 Å². The molecule has 2 aromatic carbocycles. The lowest BCUT2D eigenvalue weighted by molar-refractivity contribution is 0.629. The minimum absolute atomic E-state index is 0.0626. The van der Waals surface area contributed by atoms with Crippen LogP contribution >= 0.6 is 0 Å². The van der Waals surface area contributed by atoms with Gasteiger partial charge in [-0.05, 0) is 30.3 Å². The van der Waals surface area contributed by atoms with E-state index >= 15 is 0 Å². The molecule has 0 saturated heterocycles. The van der Waals surface area contributed by atoms with Crippen molar-refractivity contribution in [2.24, 2.45) is 0 Å². The SMILES string of the molecule is O=c1[nH]n(-c2ccccc2)c(=O)c2cc(F)ccc12. The number of halogens is 1. The number of hydrogen-bond acceptors (Lipinski definition) is 2. The summed E-state index contributed by atoms with van der Waals surface area (Å²) in [6.07, 6.45) is 0. The van der Waals surface area contributed by atoms with Gasteiger partial charge in [-0.15, -0.1) is 0 Å². The number of aromatic nitrogens is 2. The first kappa shape index (κ1) is 11.4. The van der Waals surface area contributed by atoms with E-state index in [0.717, 1.165) is 16.8 Å². The normalized spacial score (nSPS) is 10.8. The summed E-state index contributed by atoms with van der Waals surface area (Å²) in [5, 5.41) is 2.72. The molecule has 3 aromatic rings. The van der Waals surface area contributed by atoms with Gasteiger partial charge in [0.05, 0.1) is 16.5 Å². The number of rotatable bonds is 1. The van der Waals surface area contributed by atoms with Crippen LogP contribution in [0.3, 0.4) is 0 Å². The Labute approximate surface area is 106 Å². The summed E-state index contributed by atoms with van der Waals surface area (Å²) in [5.74, 6) is -0.546. The number of nitrogens with zero attached hydrogens (tertiary/aromatic N) is 1. The standard InChI is InChI=1S/C14H9FN2O2/c15-9-6-7-11-12(8-9)14(19)17(16-13(11)18)10-4-2-1-3-5-10/h1-8H,(H,16,18). The largest absolute Gasteiger partial charge is 0.277 e. The lowest BCUT2D eigenvalue weighted by atomic mass is 10.2. The minimum atomic E-state index is -0.546. The molecule has 3 rings (SSSR count). The number of benzene rings is 2. The number of para-hydroxylation sites is 1. The van der Waals surface area contributed by atoms with E-state index in [0.29, 0.717) is 5.69 Å². The van der Waals surface area contributed by atoms with Crippen LogP contribution in [0.4, 0.5) is 4.39 Å². The van der Waals surface area contributed by atoms with Gasteiger partial charge in [0.25, 0.3) is 11.1 Å². The molecule has 4 nitrogen and oxygen atoms in total. The Balaban J connectivity index is 2.43. The number of hydrogen-bond donors (Lipinski definition) is 1. The van der Waals surface area contributed by atoms with Gasteiger partial charge in [0.15, 0.2) is 0 Å². The molecule has 1 N–H and O–H groups in total. The summed E-state index contributed by atoms with van der Waals surface area (Å²) in [7, 11) is 0. The summed E-state index contributed by atoms with van der Waals surface area (Å²) in [6.45, 7) is 0. The zero-order valence-corrected chi connectivity index (χ0v) is 9.76. The Hall–Kier alpha value is -2.69. The highest BCUT2D eigenvalue weighted by Crippen LogP contribution is 2.08. The van der Waals surface area contributed by atoms with Crippen molar-refractivity contribution in [1.29, 1.82) is 0 Å². The molecule has 0 aliphatic carbocycles. The van der Waals surface area contributed by atoms with Gasteiger partial charge >= 0.3 is 0 Å². The van der Waals surface area contributed by atoms with Gasteiger partial charge in [-0.3, -0.25) is 14.7 Å². The van der Waals surface area contributed by atoms with Crippen LogP contribution in [0.15, 0.2) is 58.1 Å². The Kier molecular flexibility index (Phi) is 2.52. The first-order chi connectivity index (χ1) is 9.16. The van der Waals surface area contributed by atoms with Gasteiger partial charge in [0.1, 0.15) is 5.82 Å². The molecule has 0 amide bonds.